The fourth-order valence-corrected chi connectivity index (χ4v) is 3.12. The van der Waals surface area contributed by atoms with E-state index in [-0.39, 0.29) is 38.2 Å². The molecule has 132 valence electrons. The second kappa shape index (κ2) is 8.91. The molecule has 1 aromatic carbocycles. The first kappa shape index (κ1) is 20.3. The molecular weight excluding hydrogens is 352 g/mol. The fraction of sp³-hybridized carbons (Fsp3) is 0.375. The number of ether oxygens (including phenoxy) is 3. The highest BCUT2D eigenvalue weighted by Crippen LogP contribution is 2.36. The minimum Gasteiger partial charge on any atom is -0.504 e. The lowest BCUT2D eigenvalue weighted by molar-refractivity contribution is -0.144. The number of fused-ring (bicyclic) bond motifs is 1. The number of thiophene rings is 1. The monoisotopic (exact) mass is 372 g/mol. The Hall–Kier alpha value is -1.77. The van der Waals surface area contributed by atoms with Gasteiger partial charge in [-0.3, -0.25) is 9.59 Å². The number of esters is 1. The van der Waals surface area contributed by atoms with Crippen LogP contribution < -0.4 is 4.74 Å². The fourth-order valence-electron chi connectivity index (χ4n) is 2.09. The van der Waals surface area contributed by atoms with Gasteiger partial charge in [-0.15, -0.1) is 11.3 Å². The van der Waals surface area contributed by atoms with E-state index in [1.54, 1.807) is 19.1 Å². The number of ketones is 1. The number of carbonyl (C=O) groups is 2. The Balaban J connectivity index is 0.00000288. The summed E-state index contributed by atoms with van der Waals surface area (Å²) in [4.78, 5) is 24.2. The highest BCUT2D eigenvalue weighted by atomic mass is 32.1. The first-order valence-electron chi connectivity index (χ1n) is 6.95. The molecule has 0 aliphatic carbocycles. The van der Waals surface area contributed by atoms with Crippen LogP contribution in [0.15, 0.2) is 18.2 Å². The van der Waals surface area contributed by atoms with Crippen molar-refractivity contribution < 1.29 is 28.9 Å². The SMILES string of the molecule is COCOc1cc2sc(C(=O)C[C@H](C)C(=O)OC)cc2cc1O.S. The van der Waals surface area contributed by atoms with Gasteiger partial charge in [0, 0.05) is 24.3 Å². The molecule has 0 bridgehead atoms. The first-order valence-corrected chi connectivity index (χ1v) is 7.77. The van der Waals surface area contributed by atoms with Gasteiger partial charge < -0.3 is 19.3 Å². The Bertz CT molecular complexity index is 725. The van der Waals surface area contributed by atoms with E-state index in [0.717, 1.165) is 10.1 Å². The quantitative estimate of drug-likeness (QED) is 0.457. The Kier molecular flexibility index (Phi) is 7.53. The lowest BCUT2D eigenvalue weighted by Crippen LogP contribution is -2.16. The van der Waals surface area contributed by atoms with Crippen LogP contribution in [0.3, 0.4) is 0 Å². The molecule has 0 saturated carbocycles. The zero-order chi connectivity index (χ0) is 17.0. The van der Waals surface area contributed by atoms with Crippen molar-refractivity contribution in [2.24, 2.45) is 5.92 Å². The molecule has 0 radical (unpaired) electrons. The molecule has 1 heterocycles. The third-order valence-corrected chi connectivity index (χ3v) is 4.44. The predicted octanol–water partition coefficient (Wildman–Crippen LogP) is 3.08. The second-order valence-electron chi connectivity index (χ2n) is 5.07. The zero-order valence-corrected chi connectivity index (χ0v) is 15.4. The molecule has 0 aliphatic heterocycles. The molecular formula is C16H20O6S2. The van der Waals surface area contributed by atoms with Crippen LogP contribution in [-0.2, 0) is 14.3 Å². The minimum absolute atomic E-state index is 0. The van der Waals surface area contributed by atoms with Crippen molar-refractivity contribution in [3.05, 3.63) is 23.1 Å². The van der Waals surface area contributed by atoms with Gasteiger partial charge >= 0.3 is 5.97 Å². The zero-order valence-electron chi connectivity index (χ0n) is 13.6. The maximum absolute atomic E-state index is 12.3. The summed E-state index contributed by atoms with van der Waals surface area (Å²) >= 11 is 1.29. The van der Waals surface area contributed by atoms with E-state index in [0.29, 0.717) is 10.6 Å². The van der Waals surface area contributed by atoms with E-state index in [1.807, 2.05) is 0 Å². The number of hydrogen-bond acceptors (Lipinski definition) is 7. The molecule has 1 atom stereocenters. The Morgan fingerprint density at radius 3 is 2.58 bits per heavy atom. The topological polar surface area (TPSA) is 82.1 Å². The van der Waals surface area contributed by atoms with Crippen LogP contribution >= 0.6 is 24.8 Å². The molecule has 6 nitrogen and oxygen atoms in total. The van der Waals surface area contributed by atoms with E-state index in [2.05, 4.69) is 4.74 Å². The Morgan fingerprint density at radius 1 is 1.25 bits per heavy atom. The molecule has 2 rings (SSSR count). The van der Waals surface area contributed by atoms with Crippen molar-refractivity contribution in [3.63, 3.8) is 0 Å². The number of aromatic hydroxyl groups is 1. The molecule has 0 spiro atoms. The summed E-state index contributed by atoms with van der Waals surface area (Å²) in [6.07, 6.45) is 0.0819. The number of phenols is 1. The lowest BCUT2D eigenvalue weighted by Gasteiger charge is -2.06. The van der Waals surface area contributed by atoms with Gasteiger partial charge in [-0.25, -0.2) is 0 Å². The summed E-state index contributed by atoms with van der Waals surface area (Å²) in [5.74, 6) is -0.764. The average molecular weight is 372 g/mol. The number of Topliss-reactive ketones (excluding diaryl/α,β-unsaturated/α-hetero) is 1. The summed E-state index contributed by atoms with van der Waals surface area (Å²) in [5, 5.41) is 10.7. The second-order valence-corrected chi connectivity index (χ2v) is 6.15. The van der Waals surface area contributed by atoms with Crippen LogP contribution in [0, 0.1) is 5.92 Å². The number of rotatable bonds is 7. The first-order chi connectivity index (χ1) is 11.0. The van der Waals surface area contributed by atoms with E-state index >= 15 is 0 Å². The Labute approximate surface area is 150 Å². The third-order valence-electron chi connectivity index (χ3n) is 3.30. The van der Waals surface area contributed by atoms with Gasteiger partial charge in [-0.05, 0) is 17.5 Å². The maximum atomic E-state index is 12.3. The summed E-state index contributed by atoms with van der Waals surface area (Å²) < 4.78 is 15.5. The standard InChI is InChI=1S/C16H18O6S.H2S/c1-9(16(19)21-3)4-12(18)15-6-10-5-11(17)13(22-8-20-2)7-14(10)23-15;/h5-7,9,17H,4,8H2,1-3H3;1H2/t9-;/m0./s1. The summed E-state index contributed by atoms with van der Waals surface area (Å²) in [6, 6.07) is 4.90. The largest absolute Gasteiger partial charge is 0.504 e. The van der Waals surface area contributed by atoms with Crippen molar-refractivity contribution >= 4 is 46.7 Å². The van der Waals surface area contributed by atoms with E-state index in [4.69, 9.17) is 9.47 Å². The van der Waals surface area contributed by atoms with Gasteiger partial charge in [0.25, 0.3) is 0 Å². The molecule has 2 aromatic rings. The van der Waals surface area contributed by atoms with Gasteiger partial charge in [-0.2, -0.15) is 13.5 Å². The summed E-state index contributed by atoms with van der Waals surface area (Å²) in [7, 11) is 2.78. The van der Waals surface area contributed by atoms with Gasteiger partial charge in [0.1, 0.15) is 0 Å². The van der Waals surface area contributed by atoms with Crippen LogP contribution in [0.2, 0.25) is 0 Å². The van der Waals surface area contributed by atoms with Crippen LogP contribution in [0.4, 0.5) is 0 Å². The van der Waals surface area contributed by atoms with E-state index in [1.165, 1.54) is 31.6 Å². The molecule has 0 unspecified atom stereocenters. The summed E-state index contributed by atoms with van der Waals surface area (Å²) in [5.41, 5.74) is 0. The maximum Gasteiger partial charge on any atom is 0.308 e. The Morgan fingerprint density at radius 2 is 1.96 bits per heavy atom. The van der Waals surface area contributed by atoms with E-state index < -0.39 is 11.9 Å². The molecule has 0 saturated heterocycles. The smallest absolute Gasteiger partial charge is 0.308 e. The van der Waals surface area contributed by atoms with Crippen molar-refractivity contribution in [3.8, 4) is 11.5 Å². The number of methoxy groups -OCH3 is 2. The third kappa shape index (κ3) is 4.62. The predicted molar refractivity (Wildman–Crippen MR) is 96.5 cm³/mol. The molecule has 8 heteroatoms. The van der Waals surface area contributed by atoms with Crippen molar-refractivity contribution in [1.82, 2.24) is 0 Å². The lowest BCUT2D eigenvalue weighted by atomic mass is 10.0. The molecule has 1 N–H and O–H groups in total. The highest BCUT2D eigenvalue weighted by Gasteiger charge is 2.20. The number of carbonyl (C=O) groups excluding carboxylic acids is 2. The van der Waals surface area contributed by atoms with E-state index in [9.17, 15) is 14.7 Å². The van der Waals surface area contributed by atoms with Crippen molar-refractivity contribution in [2.75, 3.05) is 21.0 Å². The van der Waals surface area contributed by atoms with Gasteiger partial charge in [0.15, 0.2) is 24.1 Å². The van der Waals surface area contributed by atoms with Crippen LogP contribution in [0.1, 0.15) is 23.0 Å². The van der Waals surface area contributed by atoms with Gasteiger partial charge in [-0.1, -0.05) is 6.92 Å². The molecule has 0 fully saturated rings. The van der Waals surface area contributed by atoms with Crippen LogP contribution in [0.25, 0.3) is 10.1 Å². The van der Waals surface area contributed by atoms with Crippen molar-refractivity contribution in [1.29, 1.82) is 0 Å². The molecule has 24 heavy (non-hydrogen) atoms. The molecule has 1 aromatic heterocycles. The van der Waals surface area contributed by atoms with Crippen molar-refractivity contribution in [2.45, 2.75) is 13.3 Å². The summed E-state index contributed by atoms with van der Waals surface area (Å²) in [6.45, 7) is 1.67. The number of phenolic OH excluding ortho intramolecular Hbond substituents is 1. The van der Waals surface area contributed by atoms with Gasteiger partial charge in [0.05, 0.1) is 17.9 Å². The van der Waals surface area contributed by atoms with Crippen LogP contribution in [-0.4, -0.2) is 37.9 Å². The van der Waals surface area contributed by atoms with Gasteiger partial charge in [0.2, 0.25) is 0 Å². The number of benzene rings is 1. The van der Waals surface area contributed by atoms with Crippen LogP contribution in [0.5, 0.6) is 11.5 Å². The average Bonchev–Trinajstić information content (AvgIpc) is 2.94. The molecule has 0 aliphatic rings. The normalized spacial score (nSPS) is 11.6. The highest BCUT2D eigenvalue weighted by molar-refractivity contribution is 7.59. The number of hydrogen-bond donors (Lipinski definition) is 1. The molecule has 0 amide bonds. The minimum atomic E-state index is -0.494.